The highest BCUT2D eigenvalue weighted by atomic mass is 35.5. The number of carbonyl (C=O) groups excluding carboxylic acids is 1. The Morgan fingerprint density at radius 1 is 1.22 bits per heavy atom. The molecule has 1 aliphatic heterocycles. The third-order valence-corrected chi connectivity index (χ3v) is 3.83. The molecule has 2 aromatic rings. The van der Waals surface area contributed by atoms with E-state index < -0.39 is 35.3 Å². The zero-order valence-corrected chi connectivity index (χ0v) is 12.4. The Hall–Kier alpha value is -2.29. The molecular weight excluding hydrogens is 337 g/mol. The van der Waals surface area contributed by atoms with Gasteiger partial charge in [0, 0.05) is 0 Å². The SMILES string of the molecule is COc1nnc(C(F)(F)F)n1N1C(=O)C(Cl)C1c1ccccc1. The van der Waals surface area contributed by atoms with Crippen molar-refractivity contribution in [2.24, 2.45) is 0 Å². The Bertz CT molecular complexity index is 735. The van der Waals surface area contributed by atoms with Gasteiger partial charge in [-0.15, -0.1) is 16.7 Å². The van der Waals surface area contributed by atoms with Crippen LogP contribution in [0.4, 0.5) is 13.2 Å². The largest absolute Gasteiger partial charge is 0.466 e. The maximum Gasteiger partial charge on any atom is 0.453 e. The van der Waals surface area contributed by atoms with E-state index in [1.54, 1.807) is 30.3 Å². The third-order valence-electron chi connectivity index (χ3n) is 3.41. The van der Waals surface area contributed by atoms with E-state index in [-0.39, 0.29) is 0 Å². The molecule has 0 spiro atoms. The van der Waals surface area contributed by atoms with Crippen LogP contribution in [0, 0.1) is 0 Å². The predicted molar refractivity (Wildman–Crippen MR) is 73.6 cm³/mol. The predicted octanol–water partition coefficient (Wildman–Crippen LogP) is 2.13. The van der Waals surface area contributed by atoms with Gasteiger partial charge in [-0.25, -0.2) is 5.01 Å². The summed E-state index contributed by atoms with van der Waals surface area (Å²) in [5.74, 6) is -2.05. The molecule has 2 atom stereocenters. The fourth-order valence-electron chi connectivity index (χ4n) is 2.39. The van der Waals surface area contributed by atoms with Gasteiger partial charge in [-0.1, -0.05) is 35.4 Å². The molecule has 10 heteroatoms. The van der Waals surface area contributed by atoms with Crippen LogP contribution in [-0.4, -0.2) is 33.3 Å². The zero-order valence-electron chi connectivity index (χ0n) is 11.7. The molecule has 1 aliphatic rings. The Morgan fingerprint density at radius 3 is 2.43 bits per heavy atom. The van der Waals surface area contributed by atoms with Crippen molar-refractivity contribution in [1.29, 1.82) is 0 Å². The van der Waals surface area contributed by atoms with Crippen LogP contribution in [0.25, 0.3) is 0 Å². The van der Waals surface area contributed by atoms with Crippen molar-refractivity contribution >= 4 is 17.5 Å². The first-order chi connectivity index (χ1) is 10.9. The normalized spacial score (nSPS) is 21.3. The number of alkyl halides is 4. The van der Waals surface area contributed by atoms with Gasteiger partial charge in [-0.2, -0.15) is 17.8 Å². The highest BCUT2D eigenvalue weighted by Gasteiger charge is 2.53. The second-order valence-electron chi connectivity index (χ2n) is 4.76. The average Bonchev–Trinajstić information content (AvgIpc) is 2.95. The number of nitrogens with zero attached hydrogens (tertiary/aromatic N) is 4. The minimum absolute atomic E-state index is 0.449. The molecule has 6 nitrogen and oxygen atoms in total. The Balaban J connectivity index is 2.10. The molecule has 1 fully saturated rings. The maximum atomic E-state index is 13.1. The summed E-state index contributed by atoms with van der Waals surface area (Å²) >= 11 is 6.01. The van der Waals surface area contributed by atoms with Crippen LogP contribution in [-0.2, 0) is 11.0 Å². The van der Waals surface area contributed by atoms with Gasteiger partial charge in [0.1, 0.15) is 11.4 Å². The molecule has 122 valence electrons. The highest BCUT2D eigenvalue weighted by molar-refractivity contribution is 6.36. The molecule has 1 aromatic heterocycles. The number of hydrogen-bond donors (Lipinski definition) is 0. The fraction of sp³-hybridized carbons (Fsp3) is 0.308. The number of aromatic nitrogens is 3. The van der Waals surface area contributed by atoms with Crippen molar-refractivity contribution in [2.45, 2.75) is 17.6 Å². The summed E-state index contributed by atoms with van der Waals surface area (Å²) in [5, 5.41) is 6.27. The number of hydrogen-bond acceptors (Lipinski definition) is 4. The number of amides is 1. The molecule has 1 saturated heterocycles. The summed E-state index contributed by atoms with van der Waals surface area (Å²) < 4.78 is 44.7. The number of ether oxygens (including phenoxy) is 1. The smallest absolute Gasteiger partial charge is 0.453 e. The van der Waals surface area contributed by atoms with Crippen molar-refractivity contribution in [3.63, 3.8) is 0 Å². The number of halogens is 4. The lowest BCUT2D eigenvalue weighted by atomic mass is 9.95. The molecule has 0 saturated carbocycles. The lowest BCUT2D eigenvalue weighted by Crippen LogP contribution is -2.62. The number of rotatable bonds is 3. The molecule has 2 unspecified atom stereocenters. The first kappa shape index (κ1) is 15.6. The van der Waals surface area contributed by atoms with Crippen LogP contribution in [0.5, 0.6) is 6.01 Å². The quantitative estimate of drug-likeness (QED) is 0.631. The van der Waals surface area contributed by atoms with Gasteiger partial charge in [0.2, 0.25) is 0 Å². The van der Waals surface area contributed by atoms with E-state index in [2.05, 4.69) is 10.2 Å². The fourth-order valence-corrected chi connectivity index (χ4v) is 2.74. The first-order valence-corrected chi connectivity index (χ1v) is 6.89. The van der Waals surface area contributed by atoms with Crippen LogP contribution in [0.15, 0.2) is 30.3 Å². The number of carbonyl (C=O) groups is 1. The third kappa shape index (κ3) is 2.40. The maximum absolute atomic E-state index is 13.1. The van der Waals surface area contributed by atoms with Gasteiger partial charge in [-0.05, 0) is 5.56 Å². The Kier molecular flexibility index (Phi) is 3.67. The van der Waals surface area contributed by atoms with Crippen LogP contribution >= 0.6 is 11.6 Å². The molecular formula is C13H10ClF3N4O2. The van der Waals surface area contributed by atoms with Gasteiger partial charge in [0.25, 0.3) is 11.7 Å². The van der Waals surface area contributed by atoms with Gasteiger partial charge in [-0.3, -0.25) is 4.79 Å². The lowest BCUT2D eigenvalue weighted by Gasteiger charge is -2.44. The summed E-state index contributed by atoms with van der Waals surface area (Å²) in [5.41, 5.74) is 0.593. The van der Waals surface area contributed by atoms with Crippen LogP contribution in [0.3, 0.4) is 0 Å². The molecule has 0 bridgehead atoms. The van der Waals surface area contributed by atoms with Crippen LogP contribution < -0.4 is 9.75 Å². The van der Waals surface area contributed by atoms with Gasteiger partial charge in [0.15, 0.2) is 0 Å². The summed E-state index contributed by atoms with van der Waals surface area (Å²) in [4.78, 5) is 12.1. The van der Waals surface area contributed by atoms with Crippen molar-refractivity contribution < 1.29 is 22.7 Å². The molecule has 0 radical (unpaired) electrons. The molecule has 1 amide bonds. The standard InChI is InChI=1S/C13H10ClF3N4O2/c1-23-12-19-18-11(13(15,16)17)21(12)20-9(8(14)10(20)22)7-5-3-2-4-6-7/h2-6,8-9H,1H3. The van der Waals surface area contributed by atoms with E-state index in [0.29, 0.717) is 10.2 Å². The van der Waals surface area contributed by atoms with Crippen molar-refractivity contribution in [2.75, 3.05) is 12.1 Å². The number of benzene rings is 1. The van der Waals surface area contributed by atoms with Crippen molar-refractivity contribution in [3.05, 3.63) is 41.7 Å². The van der Waals surface area contributed by atoms with Gasteiger partial charge < -0.3 is 4.74 Å². The average molecular weight is 347 g/mol. The lowest BCUT2D eigenvalue weighted by molar-refractivity contribution is -0.149. The highest BCUT2D eigenvalue weighted by Crippen LogP contribution is 2.40. The topological polar surface area (TPSA) is 60.3 Å². The minimum Gasteiger partial charge on any atom is -0.466 e. The molecule has 1 aromatic carbocycles. The van der Waals surface area contributed by atoms with Crippen molar-refractivity contribution in [3.8, 4) is 6.01 Å². The zero-order chi connectivity index (χ0) is 16.8. The van der Waals surface area contributed by atoms with E-state index >= 15 is 0 Å². The minimum atomic E-state index is -4.80. The van der Waals surface area contributed by atoms with Crippen LogP contribution in [0.1, 0.15) is 17.4 Å². The number of methoxy groups -OCH3 is 1. The monoisotopic (exact) mass is 346 g/mol. The van der Waals surface area contributed by atoms with E-state index in [4.69, 9.17) is 16.3 Å². The summed E-state index contributed by atoms with van der Waals surface area (Å²) in [6.07, 6.45) is -4.80. The Morgan fingerprint density at radius 2 is 1.87 bits per heavy atom. The second kappa shape index (κ2) is 5.41. The van der Waals surface area contributed by atoms with E-state index in [0.717, 1.165) is 12.1 Å². The molecule has 2 heterocycles. The van der Waals surface area contributed by atoms with E-state index in [9.17, 15) is 18.0 Å². The summed E-state index contributed by atoms with van der Waals surface area (Å²) in [7, 11) is 1.14. The molecule has 3 rings (SSSR count). The molecule has 0 N–H and O–H groups in total. The second-order valence-corrected chi connectivity index (χ2v) is 5.23. The summed E-state index contributed by atoms with van der Waals surface area (Å²) in [6, 6.07) is 7.26. The van der Waals surface area contributed by atoms with Crippen LogP contribution in [0.2, 0.25) is 0 Å². The van der Waals surface area contributed by atoms with Gasteiger partial charge in [0.05, 0.1) is 7.11 Å². The first-order valence-electron chi connectivity index (χ1n) is 6.45. The summed E-state index contributed by atoms with van der Waals surface area (Å²) in [6.45, 7) is 0. The van der Waals surface area contributed by atoms with Gasteiger partial charge >= 0.3 is 12.2 Å². The van der Waals surface area contributed by atoms with E-state index in [1.165, 1.54) is 0 Å². The van der Waals surface area contributed by atoms with E-state index in [1.807, 2.05) is 0 Å². The van der Waals surface area contributed by atoms with Crippen molar-refractivity contribution in [1.82, 2.24) is 14.9 Å². The molecule has 0 aliphatic carbocycles. The Labute approximate surface area is 133 Å². The number of β-lactam (4-membered cyclic amide) rings is 1. The molecule has 23 heavy (non-hydrogen) atoms.